The van der Waals surface area contributed by atoms with Crippen LogP contribution in [0.3, 0.4) is 0 Å². The van der Waals surface area contributed by atoms with Gasteiger partial charge in [-0.3, -0.25) is 0 Å². The zero-order valence-electron chi connectivity index (χ0n) is 9.78. The summed E-state index contributed by atoms with van der Waals surface area (Å²) in [6.07, 6.45) is 0.843. The van der Waals surface area contributed by atoms with Crippen molar-refractivity contribution in [2.75, 3.05) is 32.5 Å². The molecule has 1 heterocycles. The van der Waals surface area contributed by atoms with E-state index in [1.807, 2.05) is 6.92 Å². The molecule has 2 amide bonds. The summed E-state index contributed by atoms with van der Waals surface area (Å²) < 4.78 is 4.15. The van der Waals surface area contributed by atoms with E-state index in [9.17, 15) is 4.79 Å². The maximum atomic E-state index is 11.2. The van der Waals surface area contributed by atoms with Crippen LogP contribution in [0.1, 0.15) is 12.7 Å². The third kappa shape index (κ3) is 4.01. The van der Waals surface area contributed by atoms with Crippen molar-refractivity contribution in [3.63, 3.8) is 0 Å². The maximum Gasteiger partial charge on any atom is 0.316 e. The van der Waals surface area contributed by atoms with E-state index < -0.39 is 0 Å². The monoisotopic (exact) mass is 243 g/mol. The van der Waals surface area contributed by atoms with E-state index in [1.54, 1.807) is 14.1 Å². The van der Waals surface area contributed by atoms with Crippen molar-refractivity contribution in [2.24, 2.45) is 0 Å². The predicted octanol–water partition coefficient (Wildman–Crippen LogP) is 0.784. The summed E-state index contributed by atoms with van der Waals surface area (Å²) in [5.41, 5.74) is 0. The molecule has 2 N–H and O–H groups in total. The molecule has 1 aromatic rings. The molecule has 0 fully saturated rings. The fourth-order valence-corrected chi connectivity index (χ4v) is 1.64. The van der Waals surface area contributed by atoms with E-state index in [2.05, 4.69) is 20.0 Å². The average Bonchev–Trinajstić information content (AvgIpc) is 2.71. The van der Waals surface area contributed by atoms with Crippen LogP contribution in [0.15, 0.2) is 0 Å². The minimum absolute atomic E-state index is 0.0895. The summed E-state index contributed by atoms with van der Waals surface area (Å²) in [5, 5.41) is 6.66. The van der Waals surface area contributed by atoms with Crippen LogP contribution in [0.5, 0.6) is 0 Å². The second kappa shape index (κ2) is 6.26. The summed E-state index contributed by atoms with van der Waals surface area (Å²) in [7, 11) is 3.42. The number of urea groups is 1. The van der Waals surface area contributed by atoms with Crippen LogP contribution in [0, 0.1) is 0 Å². The number of nitrogens with zero attached hydrogens (tertiary/aromatic N) is 3. The van der Waals surface area contributed by atoms with Crippen molar-refractivity contribution >= 4 is 22.7 Å². The minimum atomic E-state index is -0.0895. The molecule has 0 aliphatic carbocycles. The lowest BCUT2D eigenvalue weighted by molar-refractivity contribution is 0.218. The third-order valence-corrected chi connectivity index (χ3v) is 2.58. The van der Waals surface area contributed by atoms with Gasteiger partial charge in [-0.05, 0) is 0 Å². The maximum absolute atomic E-state index is 11.2. The summed E-state index contributed by atoms with van der Waals surface area (Å²) in [6.45, 7) is 3.24. The SMILES string of the molecule is CCc1nsc(NCCNC(=O)N(C)C)n1. The number of hydrogen-bond acceptors (Lipinski definition) is 5. The van der Waals surface area contributed by atoms with Crippen molar-refractivity contribution < 1.29 is 4.79 Å². The zero-order valence-corrected chi connectivity index (χ0v) is 10.6. The van der Waals surface area contributed by atoms with E-state index in [4.69, 9.17) is 0 Å². The number of carbonyl (C=O) groups excluding carboxylic acids is 1. The van der Waals surface area contributed by atoms with Gasteiger partial charge in [-0.25, -0.2) is 9.78 Å². The second-order valence-electron chi connectivity index (χ2n) is 3.42. The predicted molar refractivity (Wildman–Crippen MR) is 64.9 cm³/mol. The quantitative estimate of drug-likeness (QED) is 0.750. The third-order valence-electron chi connectivity index (χ3n) is 1.87. The number of aryl methyl sites for hydroxylation is 1. The highest BCUT2D eigenvalue weighted by Gasteiger charge is 2.03. The first kappa shape index (κ1) is 12.7. The minimum Gasteiger partial charge on any atom is -0.359 e. The van der Waals surface area contributed by atoms with Gasteiger partial charge in [0.25, 0.3) is 0 Å². The first-order valence-corrected chi connectivity index (χ1v) is 5.92. The van der Waals surface area contributed by atoms with Gasteiger partial charge in [0.1, 0.15) is 5.82 Å². The average molecular weight is 243 g/mol. The summed E-state index contributed by atoms with van der Waals surface area (Å²) in [6, 6.07) is -0.0895. The molecule has 7 heteroatoms. The molecule has 0 bridgehead atoms. The lowest BCUT2D eigenvalue weighted by atomic mass is 10.5. The second-order valence-corrected chi connectivity index (χ2v) is 4.17. The standard InChI is InChI=1S/C9H17N5OS/c1-4-7-12-8(16-13-7)10-5-6-11-9(15)14(2)3/h4-6H2,1-3H3,(H,11,15)(H,10,12,13). The molecule has 0 unspecified atom stereocenters. The first-order valence-electron chi connectivity index (χ1n) is 5.15. The lowest BCUT2D eigenvalue weighted by Crippen LogP contribution is -2.37. The molecule has 1 aromatic heterocycles. The number of anilines is 1. The van der Waals surface area contributed by atoms with Crippen molar-refractivity contribution in [1.82, 2.24) is 19.6 Å². The van der Waals surface area contributed by atoms with Gasteiger partial charge in [-0.1, -0.05) is 6.92 Å². The number of amides is 2. The van der Waals surface area contributed by atoms with Crippen LogP contribution in [-0.4, -0.2) is 47.5 Å². The molecular weight excluding hydrogens is 226 g/mol. The molecule has 0 radical (unpaired) electrons. The Morgan fingerprint density at radius 3 is 2.75 bits per heavy atom. The summed E-state index contributed by atoms with van der Waals surface area (Å²) >= 11 is 1.34. The first-order chi connectivity index (χ1) is 7.63. The Labute approximate surface area is 99.2 Å². The smallest absolute Gasteiger partial charge is 0.316 e. The highest BCUT2D eigenvalue weighted by atomic mass is 32.1. The number of carbonyl (C=O) groups is 1. The number of hydrogen-bond donors (Lipinski definition) is 2. The number of aromatic nitrogens is 2. The Morgan fingerprint density at radius 2 is 2.19 bits per heavy atom. The van der Waals surface area contributed by atoms with Gasteiger partial charge < -0.3 is 15.5 Å². The van der Waals surface area contributed by atoms with Gasteiger partial charge in [-0.2, -0.15) is 4.37 Å². The van der Waals surface area contributed by atoms with E-state index in [0.717, 1.165) is 17.4 Å². The fourth-order valence-electron chi connectivity index (χ4n) is 0.966. The largest absolute Gasteiger partial charge is 0.359 e. The number of nitrogens with one attached hydrogen (secondary N) is 2. The Hall–Kier alpha value is -1.37. The molecule has 90 valence electrons. The molecule has 0 saturated carbocycles. The molecule has 0 aliphatic rings. The van der Waals surface area contributed by atoms with Gasteiger partial charge in [0.2, 0.25) is 5.13 Å². The molecular formula is C9H17N5OS. The molecule has 0 atom stereocenters. The highest BCUT2D eigenvalue weighted by molar-refractivity contribution is 7.09. The lowest BCUT2D eigenvalue weighted by Gasteiger charge is -2.11. The van der Waals surface area contributed by atoms with Crippen LogP contribution in [0.2, 0.25) is 0 Å². The summed E-state index contributed by atoms with van der Waals surface area (Å²) in [5.74, 6) is 0.852. The van der Waals surface area contributed by atoms with E-state index in [-0.39, 0.29) is 6.03 Å². The Bertz CT molecular complexity index is 338. The normalized spacial score (nSPS) is 9.94. The van der Waals surface area contributed by atoms with Gasteiger partial charge >= 0.3 is 6.03 Å². The zero-order chi connectivity index (χ0) is 12.0. The van der Waals surface area contributed by atoms with E-state index >= 15 is 0 Å². The van der Waals surface area contributed by atoms with Crippen LogP contribution in [0.4, 0.5) is 9.93 Å². The highest BCUT2D eigenvalue weighted by Crippen LogP contribution is 2.10. The van der Waals surface area contributed by atoms with Crippen molar-refractivity contribution in [2.45, 2.75) is 13.3 Å². The van der Waals surface area contributed by atoms with E-state index in [1.165, 1.54) is 16.4 Å². The van der Waals surface area contributed by atoms with E-state index in [0.29, 0.717) is 13.1 Å². The summed E-state index contributed by atoms with van der Waals surface area (Å²) in [4.78, 5) is 16.9. The van der Waals surface area contributed by atoms with Gasteiger partial charge in [0, 0.05) is 45.1 Å². The molecule has 0 aliphatic heterocycles. The van der Waals surface area contributed by atoms with Crippen LogP contribution < -0.4 is 10.6 Å². The van der Waals surface area contributed by atoms with Crippen molar-refractivity contribution in [3.8, 4) is 0 Å². The van der Waals surface area contributed by atoms with Crippen molar-refractivity contribution in [3.05, 3.63) is 5.82 Å². The Kier molecular flexibility index (Phi) is 4.97. The van der Waals surface area contributed by atoms with Crippen LogP contribution in [0.25, 0.3) is 0 Å². The molecule has 1 rings (SSSR count). The molecule has 0 aromatic carbocycles. The molecule has 16 heavy (non-hydrogen) atoms. The Balaban J connectivity index is 2.18. The van der Waals surface area contributed by atoms with Crippen molar-refractivity contribution in [1.29, 1.82) is 0 Å². The van der Waals surface area contributed by atoms with Gasteiger partial charge in [-0.15, -0.1) is 0 Å². The number of rotatable bonds is 5. The Morgan fingerprint density at radius 1 is 1.44 bits per heavy atom. The molecule has 6 nitrogen and oxygen atoms in total. The molecule has 0 saturated heterocycles. The molecule has 0 spiro atoms. The topological polar surface area (TPSA) is 70.2 Å². The van der Waals surface area contributed by atoms with Gasteiger partial charge in [0.15, 0.2) is 0 Å². The van der Waals surface area contributed by atoms with Gasteiger partial charge in [0.05, 0.1) is 0 Å². The fraction of sp³-hybridized carbons (Fsp3) is 0.667. The van der Waals surface area contributed by atoms with Crippen LogP contribution >= 0.6 is 11.5 Å². The van der Waals surface area contributed by atoms with Crippen LogP contribution in [-0.2, 0) is 6.42 Å².